The Morgan fingerprint density at radius 1 is 0.300 bits per heavy atom. The maximum absolute atomic E-state index is 15.8. The van der Waals surface area contributed by atoms with Gasteiger partial charge in [0.15, 0.2) is 0 Å². The van der Waals surface area contributed by atoms with Crippen LogP contribution in [0.4, 0.5) is 26.3 Å². The lowest BCUT2D eigenvalue weighted by Crippen LogP contribution is -2.11. The fraction of sp³-hybridized carbons (Fsp3) is 0.0333. The number of pyridine rings is 2. The van der Waals surface area contributed by atoms with Crippen molar-refractivity contribution in [2.24, 2.45) is 0 Å². The van der Waals surface area contributed by atoms with Crippen molar-refractivity contribution < 1.29 is 26.3 Å². The Kier molecular flexibility index (Phi) is 10.0. The Balaban J connectivity index is 1.19. The van der Waals surface area contributed by atoms with Crippen molar-refractivity contribution in [1.82, 2.24) is 19.1 Å². The molecule has 70 heavy (non-hydrogen) atoms. The number of hydrogen-bond donors (Lipinski definition) is 0. The topological polar surface area (TPSA) is 35.6 Å². The quantitative estimate of drug-likeness (QED) is 0.149. The van der Waals surface area contributed by atoms with Crippen molar-refractivity contribution in [1.29, 1.82) is 0 Å². The summed E-state index contributed by atoms with van der Waals surface area (Å²) in [6.45, 7) is 0. The molecule has 0 atom stereocenters. The summed E-state index contributed by atoms with van der Waals surface area (Å²) >= 11 is 0. The lowest BCUT2D eigenvalue weighted by Gasteiger charge is -2.23. The van der Waals surface area contributed by atoms with Crippen LogP contribution in [-0.2, 0) is 12.4 Å². The predicted octanol–water partition coefficient (Wildman–Crippen LogP) is 17.0. The molecule has 0 spiro atoms. The van der Waals surface area contributed by atoms with E-state index in [1.165, 1.54) is 12.1 Å². The Morgan fingerprint density at radius 2 is 0.714 bits per heavy atom. The highest BCUT2D eigenvalue weighted by atomic mass is 19.4. The minimum absolute atomic E-state index is 0.0518. The zero-order valence-corrected chi connectivity index (χ0v) is 36.8. The zero-order valence-electron chi connectivity index (χ0n) is 36.8. The van der Waals surface area contributed by atoms with Crippen molar-refractivity contribution >= 4 is 43.6 Å². The van der Waals surface area contributed by atoms with Gasteiger partial charge in [0.2, 0.25) is 0 Å². The van der Waals surface area contributed by atoms with E-state index in [2.05, 4.69) is 9.97 Å². The van der Waals surface area contributed by atoms with Crippen molar-refractivity contribution in [3.63, 3.8) is 0 Å². The van der Waals surface area contributed by atoms with Crippen LogP contribution in [0.5, 0.6) is 0 Å². The van der Waals surface area contributed by atoms with E-state index in [1.807, 2.05) is 170 Å². The van der Waals surface area contributed by atoms with Crippen molar-refractivity contribution in [2.45, 2.75) is 12.4 Å². The number of hydrogen-bond acceptors (Lipinski definition) is 2. The molecule has 0 aliphatic heterocycles. The second-order valence-electron chi connectivity index (χ2n) is 17.2. The first-order chi connectivity index (χ1) is 34.0. The first-order valence-electron chi connectivity index (χ1n) is 22.5. The van der Waals surface area contributed by atoms with Crippen LogP contribution in [0, 0.1) is 0 Å². The van der Waals surface area contributed by atoms with Crippen LogP contribution in [-0.4, -0.2) is 19.1 Å². The van der Waals surface area contributed by atoms with E-state index in [0.717, 1.165) is 90.6 Å². The average molecular weight is 927 g/mol. The van der Waals surface area contributed by atoms with Gasteiger partial charge < -0.3 is 9.13 Å². The van der Waals surface area contributed by atoms with Gasteiger partial charge in [-0.3, -0.25) is 9.97 Å². The molecule has 0 saturated carbocycles. The molecule has 0 bridgehead atoms. The van der Waals surface area contributed by atoms with Crippen LogP contribution in [0.15, 0.2) is 219 Å². The summed E-state index contributed by atoms with van der Waals surface area (Å²) in [4.78, 5) is 9.24. The average Bonchev–Trinajstić information content (AvgIpc) is 3.90. The zero-order chi connectivity index (χ0) is 47.7. The smallest absolute Gasteiger partial charge is 0.309 e. The number of para-hydroxylation sites is 2. The van der Waals surface area contributed by atoms with E-state index in [9.17, 15) is 13.2 Å². The monoisotopic (exact) mass is 926 g/mol. The van der Waals surface area contributed by atoms with E-state index >= 15 is 13.2 Å². The minimum atomic E-state index is -4.88. The third-order valence-electron chi connectivity index (χ3n) is 13.1. The summed E-state index contributed by atoms with van der Waals surface area (Å²) in [5.41, 5.74) is 7.21. The summed E-state index contributed by atoms with van der Waals surface area (Å²) in [6, 6.07) is 60.6. The molecule has 0 amide bonds. The number of fused-ring (bicyclic) bond motifs is 6. The molecule has 0 aliphatic rings. The maximum atomic E-state index is 15.8. The maximum Gasteiger partial charge on any atom is 0.416 e. The molecule has 4 aromatic heterocycles. The molecule has 8 aromatic carbocycles. The van der Waals surface area contributed by atoms with Crippen LogP contribution < -0.4 is 0 Å². The minimum Gasteiger partial charge on any atom is -0.309 e. The van der Waals surface area contributed by atoms with Crippen LogP contribution >= 0.6 is 0 Å². The van der Waals surface area contributed by atoms with Gasteiger partial charge in [0, 0.05) is 50.6 Å². The van der Waals surface area contributed by atoms with E-state index < -0.39 is 23.5 Å². The van der Waals surface area contributed by atoms with Gasteiger partial charge in [-0.25, -0.2) is 0 Å². The number of benzene rings is 8. The lowest BCUT2D eigenvalue weighted by atomic mass is 9.96. The summed E-state index contributed by atoms with van der Waals surface area (Å²) in [7, 11) is 0. The SMILES string of the molecule is FC(F)(F)c1cccc(-c2c(-n3c4ccccc4c4ccc(-c5ccnc(-c6ccccc6)c5)cc43)cc(C(F)(F)F)cc2-n2c3ccccc3c3ccc(-c4ccnc(-c5ccccc5)c4)cc32)c1. The van der Waals surface area contributed by atoms with Gasteiger partial charge in [-0.05, 0) is 101 Å². The van der Waals surface area contributed by atoms with E-state index in [1.54, 1.807) is 21.5 Å². The summed E-state index contributed by atoms with van der Waals surface area (Å²) in [6.07, 6.45) is -6.19. The molecule has 0 N–H and O–H groups in total. The van der Waals surface area contributed by atoms with Crippen LogP contribution in [0.3, 0.4) is 0 Å². The second-order valence-corrected chi connectivity index (χ2v) is 17.2. The fourth-order valence-corrected chi connectivity index (χ4v) is 9.85. The van der Waals surface area contributed by atoms with Gasteiger partial charge in [-0.1, -0.05) is 133 Å². The number of halogens is 6. The second kappa shape index (κ2) is 16.5. The summed E-state index contributed by atoms with van der Waals surface area (Å²) in [5.74, 6) is 0. The Hall–Kier alpha value is -8.76. The third-order valence-corrected chi connectivity index (χ3v) is 13.1. The van der Waals surface area contributed by atoms with Gasteiger partial charge in [0.05, 0.1) is 56.0 Å². The molecular weight excluding hydrogens is 891 g/mol. The molecule has 4 heterocycles. The summed E-state index contributed by atoms with van der Waals surface area (Å²) in [5, 5.41) is 3.01. The standard InChI is InChI=1S/C60H36F6N4/c61-59(62,63)44-17-11-16-43(30-44)58-56(69-52-20-9-7-18-46(52)48-24-22-39(33-54(48)69)41-26-28-67-50(31-41)37-12-3-1-4-13-37)35-45(60(64,65)66)36-57(58)70-53-21-10-8-19-47(53)49-25-23-40(34-55(49)70)42-27-29-68-51(32-42)38-14-5-2-6-15-38/h1-36H. The molecule has 0 radical (unpaired) electrons. The molecule has 0 fully saturated rings. The molecule has 4 nitrogen and oxygen atoms in total. The normalized spacial score (nSPS) is 12.1. The highest BCUT2D eigenvalue weighted by molar-refractivity contribution is 6.13. The Bertz CT molecular complexity index is 3760. The number of alkyl halides is 6. The number of rotatable bonds is 7. The largest absolute Gasteiger partial charge is 0.416 e. The fourth-order valence-electron chi connectivity index (χ4n) is 9.85. The van der Waals surface area contributed by atoms with Crippen LogP contribution in [0.2, 0.25) is 0 Å². The highest BCUT2D eigenvalue weighted by Crippen LogP contribution is 2.47. The van der Waals surface area contributed by atoms with E-state index in [0.29, 0.717) is 22.1 Å². The molecule has 12 rings (SSSR count). The molecule has 0 saturated heterocycles. The molecule has 10 heteroatoms. The molecular formula is C60H36F6N4. The number of nitrogens with zero attached hydrogens (tertiary/aromatic N) is 4. The lowest BCUT2D eigenvalue weighted by molar-refractivity contribution is -0.138. The molecule has 0 unspecified atom stereocenters. The Morgan fingerprint density at radius 3 is 1.19 bits per heavy atom. The van der Waals surface area contributed by atoms with Gasteiger partial charge in [-0.2, -0.15) is 26.3 Å². The first-order valence-corrected chi connectivity index (χ1v) is 22.5. The van der Waals surface area contributed by atoms with Crippen molar-refractivity contribution in [3.05, 3.63) is 230 Å². The van der Waals surface area contributed by atoms with Gasteiger partial charge in [0.25, 0.3) is 0 Å². The van der Waals surface area contributed by atoms with E-state index in [-0.39, 0.29) is 22.5 Å². The van der Waals surface area contributed by atoms with Crippen LogP contribution in [0.25, 0.3) is 111 Å². The van der Waals surface area contributed by atoms with Crippen molar-refractivity contribution in [3.8, 4) is 67.3 Å². The Labute approximate surface area is 397 Å². The van der Waals surface area contributed by atoms with Crippen LogP contribution in [0.1, 0.15) is 11.1 Å². The predicted molar refractivity (Wildman–Crippen MR) is 268 cm³/mol. The molecule has 12 aromatic rings. The third kappa shape index (κ3) is 7.36. The highest BCUT2D eigenvalue weighted by Gasteiger charge is 2.36. The van der Waals surface area contributed by atoms with E-state index in [4.69, 9.17) is 0 Å². The first kappa shape index (κ1) is 42.6. The van der Waals surface area contributed by atoms with Crippen molar-refractivity contribution in [2.75, 3.05) is 0 Å². The summed E-state index contributed by atoms with van der Waals surface area (Å²) < 4.78 is 95.3. The van der Waals surface area contributed by atoms with Gasteiger partial charge >= 0.3 is 12.4 Å². The number of aromatic nitrogens is 4. The van der Waals surface area contributed by atoms with Gasteiger partial charge in [0.1, 0.15) is 0 Å². The molecule has 0 aliphatic carbocycles. The van der Waals surface area contributed by atoms with Gasteiger partial charge in [-0.15, -0.1) is 0 Å². The molecule has 338 valence electrons.